The molecule has 4 nitrogen and oxygen atoms in total. The molecule has 0 amide bonds. The quantitative estimate of drug-likeness (QED) is 0.781. The van der Waals surface area contributed by atoms with E-state index >= 15 is 0 Å². The van der Waals surface area contributed by atoms with E-state index in [4.69, 9.17) is 0 Å². The first kappa shape index (κ1) is 13.5. The van der Waals surface area contributed by atoms with Gasteiger partial charge in [-0.2, -0.15) is 5.10 Å². The Bertz CT molecular complexity index is 680. The molecule has 0 radical (unpaired) electrons. The van der Waals surface area contributed by atoms with Gasteiger partial charge in [0.1, 0.15) is 0 Å². The number of pyridine rings is 1. The number of para-hydroxylation sites is 1. The third kappa shape index (κ3) is 3.17. The Morgan fingerprint density at radius 1 is 0.952 bits per heavy atom. The first-order valence-corrected chi connectivity index (χ1v) is 7.02. The summed E-state index contributed by atoms with van der Waals surface area (Å²) in [6, 6.07) is 17.5. The maximum absolute atomic E-state index is 10.4. The zero-order valence-corrected chi connectivity index (χ0v) is 11.6. The monoisotopic (exact) mass is 279 g/mol. The molecule has 1 unspecified atom stereocenters. The third-order valence-corrected chi connectivity index (χ3v) is 3.41. The fourth-order valence-corrected chi connectivity index (χ4v) is 2.33. The van der Waals surface area contributed by atoms with Crippen molar-refractivity contribution in [3.8, 4) is 5.69 Å². The predicted octanol–water partition coefficient (Wildman–Crippen LogP) is 2.93. The summed E-state index contributed by atoms with van der Waals surface area (Å²) < 4.78 is 1.78. The van der Waals surface area contributed by atoms with Crippen molar-refractivity contribution >= 4 is 0 Å². The van der Waals surface area contributed by atoms with Crippen molar-refractivity contribution in [1.82, 2.24) is 14.8 Å². The van der Waals surface area contributed by atoms with E-state index in [2.05, 4.69) is 10.1 Å². The minimum atomic E-state index is -0.560. The molecular formula is C17H17N3O. The minimum absolute atomic E-state index is 0.560. The maximum Gasteiger partial charge on any atom is 0.0965 e. The molecular weight excluding hydrogens is 262 g/mol. The molecule has 3 rings (SSSR count). The molecule has 0 spiro atoms. The minimum Gasteiger partial charge on any atom is -0.387 e. The second-order valence-electron chi connectivity index (χ2n) is 4.88. The average molecular weight is 279 g/mol. The highest BCUT2D eigenvalue weighted by molar-refractivity contribution is 5.32. The Morgan fingerprint density at radius 2 is 1.76 bits per heavy atom. The van der Waals surface area contributed by atoms with Gasteiger partial charge in [0.25, 0.3) is 0 Å². The summed E-state index contributed by atoms with van der Waals surface area (Å²) in [4.78, 5) is 4.28. The van der Waals surface area contributed by atoms with Gasteiger partial charge in [-0.3, -0.25) is 4.98 Å². The van der Waals surface area contributed by atoms with E-state index < -0.39 is 6.10 Å². The maximum atomic E-state index is 10.4. The zero-order valence-electron chi connectivity index (χ0n) is 11.6. The summed E-state index contributed by atoms with van der Waals surface area (Å²) in [5.41, 5.74) is 2.74. The zero-order chi connectivity index (χ0) is 14.5. The van der Waals surface area contributed by atoms with Gasteiger partial charge in [0.2, 0.25) is 0 Å². The molecule has 4 heteroatoms. The molecule has 106 valence electrons. The number of aliphatic hydroxyl groups excluding tert-OH is 1. The smallest absolute Gasteiger partial charge is 0.0965 e. The van der Waals surface area contributed by atoms with Crippen LogP contribution in [0.15, 0.2) is 67.0 Å². The van der Waals surface area contributed by atoms with E-state index in [1.165, 1.54) is 0 Å². The summed E-state index contributed by atoms with van der Waals surface area (Å²) in [6.45, 7) is 0. The van der Waals surface area contributed by atoms with Crippen LogP contribution in [0.5, 0.6) is 0 Å². The number of benzene rings is 1. The van der Waals surface area contributed by atoms with Gasteiger partial charge in [-0.1, -0.05) is 24.3 Å². The van der Waals surface area contributed by atoms with Crippen molar-refractivity contribution in [2.75, 3.05) is 0 Å². The number of nitrogens with zero attached hydrogens (tertiary/aromatic N) is 3. The Hall–Kier alpha value is -2.46. The van der Waals surface area contributed by atoms with Gasteiger partial charge < -0.3 is 5.11 Å². The summed E-state index contributed by atoms with van der Waals surface area (Å²) in [7, 11) is 0. The number of aromatic nitrogens is 3. The standard InChI is InChI=1S/C17H17N3O/c21-17(10-9-14-6-4-5-12-18-14)16-11-13-19-20(16)15-7-2-1-3-8-15/h1-8,11-13,17,21H,9-10H2. The third-order valence-electron chi connectivity index (χ3n) is 3.41. The van der Waals surface area contributed by atoms with Gasteiger partial charge in [0.15, 0.2) is 0 Å². The molecule has 21 heavy (non-hydrogen) atoms. The van der Waals surface area contributed by atoms with Crippen LogP contribution in [0.4, 0.5) is 0 Å². The lowest BCUT2D eigenvalue weighted by Crippen LogP contribution is -2.08. The van der Waals surface area contributed by atoms with Crippen LogP contribution >= 0.6 is 0 Å². The van der Waals surface area contributed by atoms with Crippen LogP contribution in [0, 0.1) is 0 Å². The van der Waals surface area contributed by atoms with Crippen LogP contribution in [0.25, 0.3) is 5.69 Å². The molecule has 1 aromatic carbocycles. The number of hydrogen-bond donors (Lipinski definition) is 1. The largest absolute Gasteiger partial charge is 0.387 e. The van der Waals surface area contributed by atoms with Crippen molar-refractivity contribution in [3.05, 3.63) is 78.4 Å². The van der Waals surface area contributed by atoms with E-state index in [0.717, 1.165) is 23.5 Å². The molecule has 0 bridgehead atoms. The van der Waals surface area contributed by atoms with Gasteiger partial charge in [0, 0.05) is 18.1 Å². The molecule has 0 fully saturated rings. The number of aryl methyl sites for hydroxylation is 1. The molecule has 2 aromatic heterocycles. The van der Waals surface area contributed by atoms with Crippen LogP contribution in [-0.2, 0) is 6.42 Å². The lowest BCUT2D eigenvalue weighted by molar-refractivity contribution is 0.160. The van der Waals surface area contributed by atoms with Crippen LogP contribution < -0.4 is 0 Å². The van der Waals surface area contributed by atoms with Gasteiger partial charge in [-0.25, -0.2) is 4.68 Å². The first-order chi connectivity index (χ1) is 10.3. The molecule has 3 aromatic rings. The van der Waals surface area contributed by atoms with E-state index in [1.54, 1.807) is 17.1 Å². The van der Waals surface area contributed by atoms with Crippen LogP contribution in [-0.4, -0.2) is 19.9 Å². The van der Waals surface area contributed by atoms with Crippen LogP contribution in [0.2, 0.25) is 0 Å². The fourth-order valence-electron chi connectivity index (χ4n) is 2.33. The first-order valence-electron chi connectivity index (χ1n) is 7.02. The van der Waals surface area contributed by atoms with E-state index in [1.807, 2.05) is 54.6 Å². The van der Waals surface area contributed by atoms with Gasteiger partial charge in [0.05, 0.1) is 17.5 Å². The van der Waals surface area contributed by atoms with E-state index in [9.17, 15) is 5.11 Å². The lowest BCUT2D eigenvalue weighted by Gasteiger charge is -2.13. The average Bonchev–Trinajstić information content (AvgIpc) is 3.04. The summed E-state index contributed by atoms with van der Waals surface area (Å²) in [5.74, 6) is 0. The lowest BCUT2D eigenvalue weighted by atomic mass is 10.1. The summed E-state index contributed by atoms with van der Waals surface area (Å²) in [5, 5.41) is 14.7. The second-order valence-corrected chi connectivity index (χ2v) is 4.88. The molecule has 0 saturated carbocycles. The van der Waals surface area contributed by atoms with Crippen molar-refractivity contribution in [1.29, 1.82) is 0 Å². The topological polar surface area (TPSA) is 50.9 Å². The van der Waals surface area contributed by atoms with Crippen LogP contribution in [0.3, 0.4) is 0 Å². The molecule has 0 aliphatic carbocycles. The van der Waals surface area contributed by atoms with Crippen molar-refractivity contribution in [3.63, 3.8) is 0 Å². The number of hydrogen-bond acceptors (Lipinski definition) is 3. The van der Waals surface area contributed by atoms with Gasteiger partial charge in [-0.15, -0.1) is 0 Å². The molecule has 1 atom stereocenters. The molecule has 0 saturated heterocycles. The van der Waals surface area contributed by atoms with E-state index in [0.29, 0.717) is 6.42 Å². The molecule has 0 aliphatic heterocycles. The second kappa shape index (κ2) is 6.33. The van der Waals surface area contributed by atoms with Crippen molar-refractivity contribution in [2.24, 2.45) is 0 Å². The Morgan fingerprint density at radius 3 is 2.52 bits per heavy atom. The molecule has 0 aliphatic rings. The Balaban J connectivity index is 1.74. The predicted molar refractivity (Wildman–Crippen MR) is 81.1 cm³/mol. The molecule has 1 N–H and O–H groups in total. The number of rotatable bonds is 5. The summed E-state index contributed by atoms with van der Waals surface area (Å²) >= 11 is 0. The van der Waals surface area contributed by atoms with Gasteiger partial charge in [-0.05, 0) is 43.2 Å². The van der Waals surface area contributed by atoms with E-state index in [-0.39, 0.29) is 0 Å². The highest BCUT2D eigenvalue weighted by Crippen LogP contribution is 2.21. The normalized spacial score (nSPS) is 12.2. The highest BCUT2D eigenvalue weighted by Gasteiger charge is 2.14. The Kier molecular flexibility index (Phi) is 4.07. The molecule has 2 heterocycles. The van der Waals surface area contributed by atoms with Crippen LogP contribution in [0.1, 0.15) is 23.9 Å². The summed E-state index contributed by atoms with van der Waals surface area (Å²) in [6.07, 6.45) is 4.29. The fraction of sp³-hybridized carbons (Fsp3) is 0.176. The Labute approximate surface area is 123 Å². The number of aliphatic hydroxyl groups is 1. The highest BCUT2D eigenvalue weighted by atomic mass is 16.3. The SMILES string of the molecule is OC(CCc1ccccn1)c1ccnn1-c1ccccc1. The van der Waals surface area contributed by atoms with Crippen molar-refractivity contribution < 1.29 is 5.11 Å². The van der Waals surface area contributed by atoms with Crippen molar-refractivity contribution in [2.45, 2.75) is 18.9 Å². The van der Waals surface area contributed by atoms with Gasteiger partial charge >= 0.3 is 0 Å².